The Balaban J connectivity index is 1.31. The zero-order valence-corrected chi connectivity index (χ0v) is 16.1. The van der Waals surface area contributed by atoms with E-state index in [0.29, 0.717) is 12.2 Å². The Kier molecular flexibility index (Phi) is 5.86. The highest BCUT2D eigenvalue weighted by Gasteiger charge is 2.34. The maximum absolute atomic E-state index is 12.3. The lowest BCUT2D eigenvalue weighted by molar-refractivity contribution is -0.120. The lowest BCUT2D eigenvalue weighted by atomic mass is 10.1. The van der Waals surface area contributed by atoms with Crippen LogP contribution in [0.3, 0.4) is 0 Å². The predicted octanol–water partition coefficient (Wildman–Crippen LogP) is 2.31. The van der Waals surface area contributed by atoms with E-state index in [0.717, 1.165) is 24.4 Å². The van der Waals surface area contributed by atoms with Crippen molar-refractivity contribution in [2.75, 3.05) is 11.9 Å². The molecule has 7 heteroatoms. The largest absolute Gasteiger partial charge is 0.391 e. The molecule has 0 radical (unpaired) electrons. The quantitative estimate of drug-likeness (QED) is 0.575. The normalized spacial score (nSPS) is 21.1. The second kappa shape index (κ2) is 8.87. The maximum Gasteiger partial charge on any atom is 0.239 e. The van der Waals surface area contributed by atoms with Gasteiger partial charge in [0.2, 0.25) is 5.91 Å². The van der Waals surface area contributed by atoms with E-state index in [1.165, 1.54) is 0 Å². The number of hydrogen-bond acceptors (Lipinski definition) is 5. The van der Waals surface area contributed by atoms with Gasteiger partial charge in [-0.05, 0) is 30.9 Å². The topological polar surface area (TPSA) is 92.1 Å². The molecule has 2 heterocycles. The van der Waals surface area contributed by atoms with Crippen LogP contribution in [-0.4, -0.2) is 44.2 Å². The standard InChI is InChI=1S/C22H25N5O2/c28-19-13-16(15-27-11-10-24-22(27)17-6-2-1-3-7-17)12-18(19)26-21(29)14-25-20-8-4-5-9-23-20/h1-11,16,18-19,28H,12-15H2,(H,23,25)(H,26,29)/t16?,18-,19-/m1/s1. The average molecular weight is 391 g/mol. The molecule has 0 aliphatic heterocycles. The van der Waals surface area contributed by atoms with Crippen LogP contribution in [0.15, 0.2) is 67.1 Å². The zero-order chi connectivity index (χ0) is 20.1. The Morgan fingerprint density at radius 1 is 1.07 bits per heavy atom. The third-order valence-electron chi connectivity index (χ3n) is 5.27. The molecule has 1 unspecified atom stereocenters. The van der Waals surface area contributed by atoms with E-state index in [2.05, 4.69) is 25.2 Å². The summed E-state index contributed by atoms with van der Waals surface area (Å²) in [5.74, 6) is 1.71. The van der Waals surface area contributed by atoms with Crippen molar-refractivity contribution >= 4 is 11.7 Å². The van der Waals surface area contributed by atoms with Crippen molar-refractivity contribution in [3.8, 4) is 11.4 Å². The summed E-state index contributed by atoms with van der Waals surface area (Å²) in [6.45, 7) is 0.893. The highest BCUT2D eigenvalue weighted by Crippen LogP contribution is 2.29. The molecule has 1 saturated carbocycles. The summed E-state index contributed by atoms with van der Waals surface area (Å²) >= 11 is 0. The SMILES string of the molecule is O=C(CNc1ccccn1)N[C@@H]1CC(Cn2ccnc2-c2ccccc2)C[C@H]1O. The molecule has 3 aromatic rings. The Bertz CT molecular complexity index is 929. The first-order valence-corrected chi connectivity index (χ1v) is 9.88. The lowest BCUT2D eigenvalue weighted by Crippen LogP contribution is -2.42. The number of pyridine rings is 1. The fourth-order valence-electron chi connectivity index (χ4n) is 3.90. The van der Waals surface area contributed by atoms with Gasteiger partial charge in [0.15, 0.2) is 0 Å². The van der Waals surface area contributed by atoms with Crippen molar-refractivity contribution in [2.24, 2.45) is 5.92 Å². The Hall–Kier alpha value is -3.19. The predicted molar refractivity (Wildman–Crippen MR) is 111 cm³/mol. The highest BCUT2D eigenvalue weighted by atomic mass is 16.3. The first-order valence-electron chi connectivity index (χ1n) is 9.88. The smallest absolute Gasteiger partial charge is 0.239 e. The molecule has 1 amide bonds. The van der Waals surface area contributed by atoms with Gasteiger partial charge < -0.3 is 20.3 Å². The van der Waals surface area contributed by atoms with Crippen LogP contribution in [0.2, 0.25) is 0 Å². The number of hydrogen-bond donors (Lipinski definition) is 3. The van der Waals surface area contributed by atoms with E-state index in [-0.39, 0.29) is 24.4 Å². The van der Waals surface area contributed by atoms with Crippen LogP contribution in [0.5, 0.6) is 0 Å². The van der Waals surface area contributed by atoms with Crippen LogP contribution in [0.25, 0.3) is 11.4 Å². The molecule has 3 atom stereocenters. The molecule has 29 heavy (non-hydrogen) atoms. The van der Waals surface area contributed by atoms with Crippen molar-refractivity contribution in [3.05, 3.63) is 67.1 Å². The Morgan fingerprint density at radius 3 is 2.69 bits per heavy atom. The summed E-state index contributed by atoms with van der Waals surface area (Å²) < 4.78 is 2.12. The number of aliphatic hydroxyl groups is 1. The maximum atomic E-state index is 12.3. The first kappa shape index (κ1) is 19.1. The fraction of sp³-hybridized carbons (Fsp3) is 0.318. The van der Waals surface area contributed by atoms with E-state index in [9.17, 15) is 9.90 Å². The van der Waals surface area contributed by atoms with Crippen LogP contribution < -0.4 is 10.6 Å². The molecule has 7 nitrogen and oxygen atoms in total. The molecule has 4 rings (SSSR count). The molecule has 1 aliphatic carbocycles. The number of nitrogens with one attached hydrogen (secondary N) is 2. The second-order valence-corrected chi connectivity index (χ2v) is 7.42. The van der Waals surface area contributed by atoms with E-state index in [1.807, 2.05) is 54.7 Å². The summed E-state index contributed by atoms with van der Waals surface area (Å²) in [5, 5.41) is 16.4. The number of aliphatic hydroxyl groups excluding tert-OH is 1. The second-order valence-electron chi connectivity index (χ2n) is 7.42. The minimum atomic E-state index is -0.539. The molecular weight excluding hydrogens is 366 g/mol. The van der Waals surface area contributed by atoms with Crippen molar-refractivity contribution < 1.29 is 9.90 Å². The number of benzene rings is 1. The van der Waals surface area contributed by atoms with Crippen molar-refractivity contribution in [3.63, 3.8) is 0 Å². The van der Waals surface area contributed by atoms with Crippen LogP contribution in [0.1, 0.15) is 12.8 Å². The third kappa shape index (κ3) is 4.81. The molecule has 1 fully saturated rings. The highest BCUT2D eigenvalue weighted by molar-refractivity contribution is 5.80. The molecule has 0 saturated heterocycles. The van der Waals surface area contributed by atoms with Gasteiger partial charge in [0.05, 0.1) is 18.7 Å². The average Bonchev–Trinajstić information content (AvgIpc) is 3.34. The summed E-state index contributed by atoms with van der Waals surface area (Å²) in [6, 6.07) is 15.3. The number of nitrogens with zero attached hydrogens (tertiary/aromatic N) is 3. The van der Waals surface area contributed by atoms with Gasteiger partial charge in [-0.25, -0.2) is 9.97 Å². The van der Waals surface area contributed by atoms with Crippen LogP contribution in [0.4, 0.5) is 5.82 Å². The fourth-order valence-corrected chi connectivity index (χ4v) is 3.90. The van der Waals surface area contributed by atoms with Crippen LogP contribution in [-0.2, 0) is 11.3 Å². The van der Waals surface area contributed by atoms with Gasteiger partial charge in [-0.3, -0.25) is 4.79 Å². The minimum absolute atomic E-state index is 0.130. The summed E-state index contributed by atoms with van der Waals surface area (Å²) in [7, 11) is 0. The Morgan fingerprint density at radius 2 is 1.90 bits per heavy atom. The number of anilines is 1. The first-order chi connectivity index (χ1) is 14.2. The third-order valence-corrected chi connectivity index (χ3v) is 5.27. The molecular formula is C22H25N5O2. The van der Waals surface area contributed by atoms with E-state index < -0.39 is 6.10 Å². The molecule has 150 valence electrons. The molecule has 1 aliphatic rings. The molecule has 0 bridgehead atoms. The van der Waals surface area contributed by atoms with Gasteiger partial charge in [0.1, 0.15) is 11.6 Å². The molecule has 3 N–H and O–H groups in total. The van der Waals surface area contributed by atoms with Crippen molar-refractivity contribution in [2.45, 2.75) is 31.5 Å². The zero-order valence-electron chi connectivity index (χ0n) is 16.1. The van der Waals surface area contributed by atoms with Crippen molar-refractivity contribution in [1.82, 2.24) is 19.9 Å². The number of aromatic nitrogens is 3. The number of rotatable bonds is 7. The Labute approximate surface area is 169 Å². The van der Waals surface area contributed by atoms with Crippen LogP contribution >= 0.6 is 0 Å². The van der Waals surface area contributed by atoms with Gasteiger partial charge >= 0.3 is 0 Å². The van der Waals surface area contributed by atoms with E-state index in [1.54, 1.807) is 12.4 Å². The summed E-state index contributed by atoms with van der Waals surface area (Å²) in [4.78, 5) is 20.9. The number of carbonyl (C=O) groups is 1. The monoisotopic (exact) mass is 391 g/mol. The molecule has 2 aromatic heterocycles. The van der Waals surface area contributed by atoms with Gasteiger partial charge in [0.25, 0.3) is 0 Å². The summed E-state index contributed by atoms with van der Waals surface area (Å²) in [6.07, 6.45) is 6.30. The number of amides is 1. The van der Waals surface area contributed by atoms with Crippen LogP contribution in [0, 0.1) is 5.92 Å². The van der Waals surface area contributed by atoms with Gasteiger partial charge in [-0.1, -0.05) is 36.4 Å². The molecule has 0 spiro atoms. The number of carbonyl (C=O) groups excluding carboxylic acids is 1. The van der Waals surface area contributed by atoms with Gasteiger partial charge in [-0.15, -0.1) is 0 Å². The number of imidazole rings is 1. The van der Waals surface area contributed by atoms with Gasteiger partial charge in [-0.2, -0.15) is 0 Å². The summed E-state index contributed by atoms with van der Waals surface area (Å²) in [5.41, 5.74) is 1.07. The van der Waals surface area contributed by atoms with E-state index in [4.69, 9.17) is 0 Å². The van der Waals surface area contributed by atoms with Crippen molar-refractivity contribution in [1.29, 1.82) is 0 Å². The van der Waals surface area contributed by atoms with E-state index >= 15 is 0 Å². The minimum Gasteiger partial charge on any atom is -0.391 e. The molecule has 1 aromatic carbocycles. The lowest BCUT2D eigenvalue weighted by Gasteiger charge is -2.17. The van der Waals surface area contributed by atoms with Gasteiger partial charge in [0, 0.05) is 30.7 Å².